The second kappa shape index (κ2) is 6.52. The molecule has 0 aliphatic heterocycles. The molecule has 1 N–H and O–H groups in total. The normalized spacial score (nSPS) is 13.1. The number of hydrogen-bond acceptors (Lipinski definition) is 2. The molecule has 0 spiro atoms. The molecule has 0 aromatic heterocycles. The summed E-state index contributed by atoms with van der Waals surface area (Å²) in [6.07, 6.45) is 0. The highest BCUT2D eigenvalue weighted by Gasteiger charge is 2.19. The van der Waals surface area contributed by atoms with Gasteiger partial charge in [0.15, 0.2) is 0 Å². The van der Waals surface area contributed by atoms with Crippen molar-refractivity contribution in [3.8, 4) is 0 Å². The topological polar surface area (TPSA) is 29.1 Å². The van der Waals surface area contributed by atoms with E-state index in [-0.39, 0.29) is 16.7 Å². The Balaban J connectivity index is 1.96. The summed E-state index contributed by atoms with van der Waals surface area (Å²) in [5.41, 5.74) is 1.09. The molecule has 0 radical (unpaired) electrons. The number of thioether (sulfide) groups is 1. The Labute approximate surface area is 131 Å². The van der Waals surface area contributed by atoms with Gasteiger partial charge in [0.1, 0.15) is 0 Å². The van der Waals surface area contributed by atoms with Gasteiger partial charge in [0.25, 0.3) is 0 Å². The quantitative estimate of drug-likeness (QED) is 0.908. The Morgan fingerprint density at radius 1 is 1.14 bits per heavy atom. The van der Waals surface area contributed by atoms with Gasteiger partial charge in [-0.3, -0.25) is 4.79 Å². The Morgan fingerprint density at radius 2 is 1.81 bits per heavy atom. The fourth-order valence-corrected chi connectivity index (χ4v) is 2.93. The Kier molecular flexibility index (Phi) is 4.94. The average Bonchev–Trinajstić information content (AvgIpc) is 2.42. The van der Waals surface area contributed by atoms with Crippen LogP contribution in [0.25, 0.3) is 10.8 Å². The highest BCUT2D eigenvalue weighted by atomic mass is 32.2. The maximum absolute atomic E-state index is 12.1. The summed E-state index contributed by atoms with van der Waals surface area (Å²) in [5.74, 6) is 0.956. The monoisotopic (exact) mass is 301 g/mol. The van der Waals surface area contributed by atoms with Gasteiger partial charge < -0.3 is 5.32 Å². The first kappa shape index (κ1) is 15.9. The minimum absolute atomic E-state index is 0.0457. The molecule has 0 fully saturated rings. The first-order chi connectivity index (χ1) is 9.85. The molecule has 2 aromatic rings. The van der Waals surface area contributed by atoms with Crippen molar-refractivity contribution in [2.45, 2.75) is 44.2 Å². The van der Waals surface area contributed by atoms with Crippen LogP contribution in [0.5, 0.6) is 0 Å². The van der Waals surface area contributed by atoms with Crippen LogP contribution in [0.2, 0.25) is 0 Å². The molecule has 21 heavy (non-hydrogen) atoms. The molecule has 1 unspecified atom stereocenters. The van der Waals surface area contributed by atoms with E-state index >= 15 is 0 Å². The fourth-order valence-electron chi connectivity index (χ4n) is 2.10. The Bertz CT molecular complexity index is 630. The van der Waals surface area contributed by atoms with Gasteiger partial charge in [-0.25, -0.2) is 0 Å². The van der Waals surface area contributed by atoms with Crippen LogP contribution in [0.4, 0.5) is 0 Å². The molecule has 112 valence electrons. The van der Waals surface area contributed by atoms with E-state index in [1.165, 1.54) is 16.3 Å². The number of amides is 1. The highest BCUT2D eigenvalue weighted by molar-refractivity contribution is 7.99. The average molecular weight is 301 g/mol. The standard InChI is InChI=1S/C18H23NOS/c1-13(17(20)19-18(2,3)4)21-12-14-9-10-15-7-5-6-8-16(15)11-14/h5-11,13H,12H2,1-4H3,(H,19,20). The van der Waals surface area contributed by atoms with Gasteiger partial charge in [0.05, 0.1) is 5.25 Å². The maximum Gasteiger partial charge on any atom is 0.233 e. The van der Waals surface area contributed by atoms with E-state index in [0.717, 1.165) is 5.75 Å². The molecule has 0 saturated heterocycles. The highest BCUT2D eigenvalue weighted by Crippen LogP contribution is 2.22. The molecule has 1 atom stereocenters. The predicted molar refractivity (Wildman–Crippen MR) is 92.6 cm³/mol. The summed E-state index contributed by atoms with van der Waals surface area (Å²) in [5, 5.41) is 5.49. The molecule has 0 saturated carbocycles. The molecule has 0 aliphatic carbocycles. The number of hydrogen-bond donors (Lipinski definition) is 1. The van der Waals surface area contributed by atoms with E-state index in [1.807, 2.05) is 27.7 Å². The molecule has 0 heterocycles. The first-order valence-corrected chi connectivity index (χ1v) is 8.31. The van der Waals surface area contributed by atoms with E-state index < -0.39 is 0 Å². The van der Waals surface area contributed by atoms with Crippen molar-refractivity contribution in [1.82, 2.24) is 5.32 Å². The van der Waals surface area contributed by atoms with E-state index in [4.69, 9.17) is 0 Å². The van der Waals surface area contributed by atoms with Crippen LogP contribution in [-0.4, -0.2) is 16.7 Å². The Hall–Kier alpha value is -1.48. The number of carbonyl (C=O) groups excluding carboxylic acids is 1. The lowest BCUT2D eigenvalue weighted by Crippen LogP contribution is -2.44. The summed E-state index contributed by atoms with van der Waals surface area (Å²) in [4.78, 5) is 12.1. The van der Waals surface area contributed by atoms with E-state index in [0.29, 0.717) is 0 Å². The molecule has 3 heteroatoms. The summed E-state index contributed by atoms with van der Waals surface area (Å²) < 4.78 is 0. The van der Waals surface area contributed by atoms with Crippen molar-refractivity contribution in [2.75, 3.05) is 0 Å². The molecule has 0 aliphatic rings. The summed E-state index contributed by atoms with van der Waals surface area (Å²) in [6, 6.07) is 14.8. The van der Waals surface area contributed by atoms with Gasteiger partial charge in [-0.15, -0.1) is 11.8 Å². The molecule has 0 bridgehead atoms. The smallest absolute Gasteiger partial charge is 0.233 e. The van der Waals surface area contributed by atoms with Gasteiger partial charge in [-0.05, 0) is 44.0 Å². The molecular weight excluding hydrogens is 278 g/mol. The van der Waals surface area contributed by atoms with Gasteiger partial charge in [0.2, 0.25) is 5.91 Å². The third-order valence-corrected chi connectivity index (χ3v) is 4.40. The summed E-state index contributed by atoms with van der Waals surface area (Å²) in [7, 11) is 0. The largest absolute Gasteiger partial charge is 0.351 e. The van der Waals surface area contributed by atoms with Crippen LogP contribution < -0.4 is 5.32 Å². The van der Waals surface area contributed by atoms with Crippen LogP contribution in [0.15, 0.2) is 42.5 Å². The molecule has 2 aromatic carbocycles. The van der Waals surface area contributed by atoms with E-state index in [2.05, 4.69) is 47.8 Å². The van der Waals surface area contributed by atoms with E-state index in [9.17, 15) is 4.79 Å². The number of benzene rings is 2. The number of nitrogens with one attached hydrogen (secondary N) is 1. The van der Waals surface area contributed by atoms with Crippen LogP contribution >= 0.6 is 11.8 Å². The second-order valence-corrected chi connectivity index (χ2v) is 7.70. The molecule has 2 nitrogen and oxygen atoms in total. The van der Waals surface area contributed by atoms with Crippen LogP contribution in [0.3, 0.4) is 0 Å². The zero-order valence-corrected chi connectivity index (χ0v) is 14.0. The van der Waals surface area contributed by atoms with Crippen molar-refractivity contribution in [3.05, 3.63) is 48.0 Å². The second-order valence-electron chi connectivity index (χ2n) is 6.37. The van der Waals surface area contributed by atoms with Gasteiger partial charge in [0, 0.05) is 11.3 Å². The number of rotatable bonds is 4. The summed E-state index contributed by atoms with van der Waals surface area (Å²) in [6.45, 7) is 7.98. The number of fused-ring (bicyclic) bond motifs is 1. The van der Waals surface area contributed by atoms with Crippen molar-refractivity contribution < 1.29 is 4.79 Å². The van der Waals surface area contributed by atoms with Crippen LogP contribution in [0, 0.1) is 0 Å². The Morgan fingerprint density at radius 3 is 2.48 bits per heavy atom. The van der Waals surface area contributed by atoms with Crippen molar-refractivity contribution >= 4 is 28.4 Å². The lowest BCUT2D eigenvalue weighted by atomic mass is 10.1. The first-order valence-electron chi connectivity index (χ1n) is 7.26. The van der Waals surface area contributed by atoms with Crippen LogP contribution in [0.1, 0.15) is 33.3 Å². The molecule has 1 amide bonds. The zero-order chi connectivity index (χ0) is 15.5. The van der Waals surface area contributed by atoms with Gasteiger partial charge >= 0.3 is 0 Å². The predicted octanol–water partition coefficient (Wildman–Crippen LogP) is 4.38. The fraction of sp³-hybridized carbons (Fsp3) is 0.389. The molecule has 2 rings (SSSR count). The molecular formula is C18H23NOS. The van der Waals surface area contributed by atoms with Gasteiger partial charge in [-0.1, -0.05) is 42.5 Å². The number of carbonyl (C=O) groups is 1. The SMILES string of the molecule is CC(SCc1ccc2ccccc2c1)C(=O)NC(C)(C)C. The zero-order valence-electron chi connectivity index (χ0n) is 13.1. The van der Waals surface area contributed by atoms with Crippen molar-refractivity contribution in [1.29, 1.82) is 0 Å². The van der Waals surface area contributed by atoms with Crippen molar-refractivity contribution in [3.63, 3.8) is 0 Å². The van der Waals surface area contributed by atoms with E-state index in [1.54, 1.807) is 11.8 Å². The third kappa shape index (κ3) is 4.78. The minimum Gasteiger partial charge on any atom is -0.351 e. The lowest BCUT2D eigenvalue weighted by Gasteiger charge is -2.23. The summed E-state index contributed by atoms with van der Waals surface area (Å²) >= 11 is 1.67. The van der Waals surface area contributed by atoms with Crippen LogP contribution in [-0.2, 0) is 10.5 Å². The third-order valence-electron chi connectivity index (χ3n) is 3.18. The minimum atomic E-state index is -0.172. The van der Waals surface area contributed by atoms with Crippen molar-refractivity contribution in [2.24, 2.45) is 0 Å². The maximum atomic E-state index is 12.1. The lowest BCUT2D eigenvalue weighted by molar-refractivity contribution is -0.121. The van der Waals surface area contributed by atoms with Gasteiger partial charge in [-0.2, -0.15) is 0 Å².